The zero-order valence-corrected chi connectivity index (χ0v) is 12.7. The molecule has 0 bridgehead atoms. The molecule has 5 heteroatoms. The van der Waals surface area contributed by atoms with Crippen molar-refractivity contribution in [3.63, 3.8) is 0 Å². The van der Waals surface area contributed by atoms with Crippen LogP contribution in [0.15, 0.2) is 18.2 Å². The molecule has 0 saturated carbocycles. The topological polar surface area (TPSA) is 32.5 Å². The number of nitrogens with zero attached hydrogens (tertiary/aromatic N) is 2. The van der Waals surface area contributed by atoms with Gasteiger partial charge in [-0.15, -0.1) is 0 Å². The molecule has 0 heterocycles. The van der Waals surface area contributed by atoms with Gasteiger partial charge < -0.3 is 10.6 Å². The number of hydrogen-bond donors (Lipinski definition) is 1. The lowest BCUT2D eigenvalue weighted by atomic mass is 10.0. The first-order chi connectivity index (χ1) is 9.40. The minimum Gasteiger partial charge on any atom is -0.329 e. The molecule has 0 aliphatic carbocycles. The smallest absolute Gasteiger partial charge is 0.128 e. The summed E-state index contributed by atoms with van der Waals surface area (Å²) >= 11 is 0. The van der Waals surface area contributed by atoms with Gasteiger partial charge in [-0.2, -0.15) is 0 Å². The second-order valence-electron chi connectivity index (χ2n) is 5.36. The summed E-state index contributed by atoms with van der Waals surface area (Å²) in [5.41, 5.74) is 6.16. The summed E-state index contributed by atoms with van der Waals surface area (Å²) in [4.78, 5) is 4.18. The molecule has 0 aliphatic heterocycles. The molecule has 2 N–H and O–H groups in total. The van der Waals surface area contributed by atoms with Gasteiger partial charge in [-0.1, -0.05) is 6.92 Å². The van der Waals surface area contributed by atoms with E-state index in [0.29, 0.717) is 5.56 Å². The minimum absolute atomic E-state index is 0.200. The molecular formula is C15H25F2N3. The first-order valence-corrected chi connectivity index (χ1v) is 6.96. The molecule has 0 aromatic heterocycles. The minimum atomic E-state index is -0.434. The molecule has 0 radical (unpaired) electrons. The predicted molar refractivity (Wildman–Crippen MR) is 78.5 cm³/mol. The molecule has 0 saturated heterocycles. The fourth-order valence-corrected chi connectivity index (χ4v) is 2.68. The van der Waals surface area contributed by atoms with Crippen LogP contribution < -0.4 is 5.73 Å². The van der Waals surface area contributed by atoms with Crippen LogP contribution in [-0.2, 0) is 0 Å². The maximum Gasteiger partial charge on any atom is 0.128 e. The Morgan fingerprint density at radius 1 is 1.25 bits per heavy atom. The van der Waals surface area contributed by atoms with E-state index in [2.05, 4.69) is 16.7 Å². The Hall–Kier alpha value is -1.04. The van der Waals surface area contributed by atoms with E-state index in [1.54, 1.807) is 0 Å². The highest BCUT2D eigenvalue weighted by atomic mass is 19.1. The lowest BCUT2D eigenvalue weighted by Gasteiger charge is -2.36. The monoisotopic (exact) mass is 285 g/mol. The van der Waals surface area contributed by atoms with E-state index in [1.807, 2.05) is 21.0 Å². The molecule has 0 fully saturated rings. The molecule has 1 aromatic carbocycles. The van der Waals surface area contributed by atoms with E-state index in [9.17, 15) is 8.78 Å². The highest BCUT2D eigenvalue weighted by Crippen LogP contribution is 2.25. The Balaban J connectivity index is 3.05. The number of rotatable bonds is 7. The summed E-state index contributed by atoms with van der Waals surface area (Å²) in [5, 5.41) is 0. The van der Waals surface area contributed by atoms with E-state index in [-0.39, 0.29) is 18.6 Å². The first kappa shape index (κ1) is 17.0. The third kappa shape index (κ3) is 4.23. The second kappa shape index (κ2) is 7.67. The van der Waals surface area contributed by atoms with Gasteiger partial charge in [-0.3, -0.25) is 4.90 Å². The van der Waals surface area contributed by atoms with Crippen molar-refractivity contribution in [1.82, 2.24) is 9.80 Å². The molecule has 20 heavy (non-hydrogen) atoms. The first-order valence-electron chi connectivity index (χ1n) is 6.96. The fourth-order valence-electron chi connectivity index (χ4n) is 2.68. The van der Waals surface area contributed by atoms with Gasteiger partial charge in [0.2, 0.25) is 0 Å². The Labute approximate surface area is 120 Å². The molecule has 114 valence electrons. The van der Waals surface area contributed by atoms with Crippen LogP contribution in [0.5, 0.6) is 0 Å². The molecule has 3 nitrogen and oxygen atoms in total. The predicted octanol–water partition coefficient (Wildman–Crippen LogP) is 2.24. The van der Waals surface area contributed by atoms with Gasteiger partial charge in [-0.05, 0) is 45.8 Å². The van der Waals surface area contributed by atoms with Gasteiger partial charge in [0.25, 0.3) is 0 Å². The molecule has 2 unspecified atom stereocenters. The zero-order valence-electron chi connectivity index (χ0n) is 12.7. The van der Waals surface area contributed by atoms with Crippen LogP contribution in [0.1, 0.15) is 25.5 Å². The maximum absolute atomic E-state index is 14.0. The van der Waals surface area contributed by atoms with Crippen molar-refractivity contribution in [1.29, 1.82) is 0 Å². The van der Waals surface area contributed by atoms with Gasteiger partial charge in [0, 0.05) is 24.7 Å². The SMILES string of the molecule is CCN(C(C)CN(C)C)C(CN)c1cc(F)ccc1F. The van der Waals surface area contributed by atoms with Crippen LogP contribution in [0.2, 0.25) is 0 Å². The van der Waals surface area contributed by atoms with Gasteiger partial charge in [0.15, 0.2) is 0 Å². The lowest BCUT2D eigenvalue weighted by Crippen LogP contribution is -2.44. The number of halogens is 2. The number of nitrogens with two attached hydrogens (primary N) is 1. The lowest BCUT2D eigenvalue weighted by molar-refractivity contribution is 0.128. The van der Waals surface area contributed by atoms with E-state index in [1.165, 1.54) is 6.07 Å². The van der Waals surface area contributed by atoms with Crippen LogP contribution in [0.3, 0.4) is 0 Å². The van der Waals surface area contributed by atoms with Gasteiger partial charge in [0.1, 0.15) is 11.6 Å². The quantitative estimate of drug-likeness (QED) is 0.834. The standard InChI is InChI=1S/C15H25F2N3/c1-5-20(11(2)10-19(3)4)15(9-18)13-8-12(16)6-7-14(13)17/h6-8,11,15H,5,9-10,18H2,1-4H3. The summed E-state index contributed by atoms with van der Waals surface area (Å²) in [6.45, 7) is 5.90. The Bertz CT molecular complexity index is 424. The number of hydrogen-bond acceptors (Lipinski definition) is 3. The van der Waals surface area contributed by atoms with Crippen LogP contribution in [0.4, 0.5) is 8.78 Å². The van der Waals surface area contributed by atoms with Crippen molar-refractivity contribution < 1.29 is 8.78 Å². The highest BCUT2D eigenvalue weighted by Gasteiger charge is 2.25. The summed E-state index contributed by atoms with van der Waals surface area (Å²) in [7, 11) is 3.98. The van der Waals surface area contributed by atoms with E-state index in [4.69, 9.17) is 5.73 Å². The zero-order chi connectivity index (χ0) is 15.3. The third-order valence-electron chi connectivity index (χ3n) is 3.50. The molecule has 2 atom stereocenters. The van der Waals surface area contributed by atoms with E-state index >= 15 is 0 Å². The van der Waals surface area contributed by atoms with Gasteiger partial charge in [-0.25, -0.2) is 8.78 Å². The molecule has 0 aliphatic rings. The van der Waals surface area contributed by atoms with Crippen LogP contribution in [-0.4, -0.2) is 49.6 Å². The van der Waals surface area contributed by atoms with Crippen molar-refractivity contribution in [2.45, 2.75) is 25.9 Å². The number of benzene rings is 1. The second-order valence-corrected chi connectivity index (χ2v) is 5.36. The Kier molecular flexibility index (Phi) is 6.52. The van der Waals surface area contributed by atoms with Crippen molar-refractivity contribution in [3.8, 4) is 0 Å². The van der Waals surface area contributed by atoms with E-state index in [0.717, 1.165) is 25.2 Å². The molecule has 0 spiro atoms. The molecule has 1 aromatic rings. The largest absolute Gasteiger partial charge is 0.329 e. The Morgan fingerprint density at radius 3 is 2.40 bits per heavy atom. The van der Waals surface area contributed by atoms with E-state index < -0.39 is 11.6 Å². The van der Waals surface area contributed by atoms with Crippen LogP contribution in [0, 0.1) is 11.6 Å². The normalized spacial score (nSPS) is 14.8. The third-order valence-corrected chi connectivity index (χ3v) is 3.50. The highest BCUT2D eigenvalue weighted by molar-refractivity contribution is 5.23. The fraction of sp³-hybridized carbons (Fsp3) is 0.600. The maximum atomic E-state index is 14.0. The van der Waals surface area contributed by atoms with Crippen molar-refractivity contribution in [2.75, 3.05) is 33.7 Å². The summed E-state index contributed by atoms with van der Waals surface area (Å²) < 4.78 is 27.4. The average molecular weight is 285 g/mol. The molecule has 1 rings (SSSR count). The van der Waals surface area contributed by atoms with Crippen LogP contribution in [0.25, 0.3) is 0 Å². The molecule has 0 amide bonds. The summed E-state index contributed by atoms with van der Waals surface area (Å²) in [5.74, 6) is -0.839. The van der Waals surface area contributed by atoms with Crippen molar-refractivity contribution in [2.24, 2.45) is 5.73 Å². The summed E-state index contributed by atoms with van der Waals surface area (Å²) in [6, 6.07) is 3.43. The van der Waals surface area contributed by atoms with Gasteiger partial charge >= 0.3 is 0 Å². The van der Waals surface area contributed by atoms with Gasteiger partial charge in [0.05, 0.1) is 6.04 Å². The molecular weight excluding hydrogens is 260 g/mol. The Morgan fingerprint density at radius 2 is 1.90 bits per heavy atom. The van der Waals surface area contributed by atoms with Crippen molar-refractivity contribution >= 4 is 0 Å². The van der Waals surface area contributed by atoms with Crippen LogP contribution >= 0.6 is 0 Å². The average Bonchev–Trinajstić information content (AvgIpc) is 2.38. The number of likely N-dealkylation sites (N-methyl/N-ethyl adjacent to an activating group) is 2. The van der Waals surface area contributed by atoms with Crippen molar-refractivity contribution in [3.05, 3.63) is 35.4 Å². The summed E-state index contributed by atoms with van der Waals surface area (Å²) in [6.07, 6.45) is 0.